The van der Waals surface area contributed by atoms with Crippen molar-refractivity contribution < 1.29 is 4.74 Å². The van der Waals surface area contributed by atoms with E-state index >= 15 is 0 Å². The Kier molecular flexibility index (Phi) is 5.41. The molecular weight excluding hydrogens is 196 g/mol. The molecule has 0 radical (unpaired) electrons. The summed E-state index contributed by atoms with van der Waals surface area (Å²) in [6, 6.07) is 14.5. The molecule has 0 bridgehead atoms. The predicted octanol–water partition coefficient (Wildman–Crippen LogP) is 4.65. The third kappa shape index (κ3) is 3.27. The van der Waals surface area contributed by atoms with Gasteiger partial charge in [-0.05, 0) is 29.3 Å². The zero-order valence-corrected chi connectivity index (χ0v) is 10.4. The highest BCUT2D eigenvalue weighted by Gasteiger charge is 1.95. The first-order chi connectivity index (χ1) is 7.90. The minimum Gasteiger partial charge on any atom is -0.494 e. The Morgan fingerprint density at radius 3 is 2.31 bits per heavy atom. The summed E-state index contributed by atoms with van der Waals surface area (Å²) in [5, 5.41) is 2.50. The number of hydrogen-bond acceptors (Lipinski definition) is 1. The molecule has 0 spiro atoms. The Labute approximate surface area is 98.1 Å². The van der Waals surface area contributed by atoms with E-state index in [9.17, 15) is 0 Å². The zero-order chi connectivity index (χ0) is 11.8. The largest absolute Gasteiger partial charge is 0.494 e. The SMILES string of the molecule is CC.CCCOc1ccc2ccccc2c1. The fourth-order valence-electron chi connectivity index (χ4n) is 1.48. The number of ether oxygens (including phenoxy) is 1. The monoisotopic (exact) mass is 216 g/mol. The van der Waals surface area contributed by atoms with Gasteiger partial charge in [0.05, 0.1) is 6.61 Å². The molecule has 2 aromatic rings. The van der Waals surface area contributed by atoms with E-state index in [0.717, 1.165) is 18.8 Å². The Bertz CT molecular complexity index is 420. The van der Waals surface area contributed by atoms with Crippen LogP contribution in [0.3, 0.4) is 0 Å². The molecule has 0 atom stereocenters. The van der Waals surface area contributed by atoms with Crippen molar-refractivity contribution in [1.82, 2.24) is 0 Å². The molecule has 0 amide bonds. The highest BCUT2D eigenvalue weighted by Crippen LogP contribution is 2.20. The van der Waals surface area contributed by atoms with Crippen LogP contribution in [0.25, 0.3) is 10.8 Å². The zero-order valence-electron chi connectivity index (χ0n) is 10.4. The lowest BCUT2D eigenvalue weighted by Gasteiger charge is -2.05. The first-order valence-corrected chi connectivity index (χ1v) is 6.02. The molecule has 0 aliphatic rings. The van der Waals surface area contributed by atoms with E-state index in [4.69, 9.17) is 4.74 Å². The van der Waals surface area contributed by atoms with E-state index < -0.39 is 0 Å². The molecule has 2 aromatic carbocycles. The molecule has 0 saturated carbocycles. The van der Waals surface area contributed by atoms with Gasteiger partial charge < -0.3 is 4.74 Å². The molecule has 0 N–H and O–H groups in total. The van der Waals surface area contributed by atoms with Crippen LogP contribution in [0, 0.1) is 0 Å². The van der Waals surface area contributed by atoms with Crippen molar-refractivity contribution in [2.45, 2.75) is 27.2 Å². The van der Waals surface area contributed by atoms with Crippen molar-refractivity contribution in [3.05, 3.63) is 42.5 Å². The summed E-state index contributed by atoms with van der Waals surface area (Å²) in [4.78, 5) is 0. The third-order valence-electron chi connectivity index (χ3n) is 2.19. The summed E-state index contributed by atoms with van der Waals surface area (Å²) < 4.78 is 5.56. The second-order valence-electron chi connectivity index (χ2n) is 3.36. The summed E-state index contributed by atoms with van der Waals surface area (Å²) in [5.41, 5.74) is 0. The molecule has 0 unspecified atom stereocenters. The van der Waals surface area contributed by atoms with E-state index in [1.165, 1.54) is 10.8 Å². The molecule has 0 aromatic heterocycles. The first-order valence-electron chi connectivity index (χ1n) is 6.02. The van der Waals surface area contributed by atoms with Crippen molar-refractivity contribution >= 4 is 10.8 Å². The van der Waals surface area contributed by atoms with Gasteiger partial charge >= 0.3 is 0 Å². The lowest BCUT2D eigenvalue weighted by atomic mass is 10.1. The van der Waals surface area contributed by atoms with E-state index in [0.29, 0.717) is 0 Å². The summed E-state index contributed by atoms with van der Waals surface area (Å²) in [6.07, 6.45) is 1.05. The number of fused-ring (bicyclic) bond motifs is 1. The Hall–Kier alpha value is -1.50. The number of hydrogen-bond donors (Lipinski definition) is 0. The topological polar surface area (TPSA) is 9.23 Å². The molecule has 1 nitrogen and oxygen atoms in total. The van der Waals surface area contributed by atoms with Crippen molar-refractivity contribution in [2.24, 2.45) is 0 Å². The maximum absolute atomic E-state index is 5.56. The van der Waals surface area contributed by atoms with Crippen molar-refractivity contribution in [3.8, 4) is 5.75 Å². The Morgan fingerprint density at radius 2 is 1.62 bits per heavy atom. The van der Waals surface area contributed by atoms with Crippen LogP contribution in [0.1, 0.15) is 27.2 Å². The lowest BCUT2D eigenvalue weighted by Crippen LogP contribution is -1.94. The maximum atomic E-state index is 5.56. The second-order valence-corrected chi connectivity index (χ2v) is 3.36. The van der Waals surface area contributed by atoms with Gasteiger partial charge in [-0.15, -0.1) is 0 Å². The summed E-state index contributed by atoms with van der Waals surface area (Å²) >= 11 is 0. The fraction of sp³-hybridized carbons (Fsp3) is 0.333. The van der Waals surface area contributed by atoms with Crippen LogP contribution in [0.15, 0.2) is 42.5 Å². The van der Waals surface area contributed by atoms with Gasteiger partial charge in [0, 0.05) is 0 Å². The number of rotatable bonds is 3. The third-order valence-corrected chi connectivity index (χ3v) is 2.19. The molecule has 86 valence electrons. The highest BCUT2D eigenvalue weighted by atomic mass is 16.5. The molecular formula is C15H20O. The average Bonchev–Trinajstić information content (AvgIpc) is 2.38. The van der Waals surface area contributed by atoms with Gasteiger partial charge in [-0.25, -0.2) is 0 Å². The molecule has 0 fully saturated rings. The highest BCUT2D eigenvalue weighted by molar-refractivity contribution is 5.83. The fourth-order valence-corrected chi connectivity index (χ4v) is 1.48. The van der Waals surface area contributed by atoms with Crippen LogP contribution >= 0.6 is 0 Å². The molecule has 0 saturated heterocycles. The molecule has 0 aliphatic heterocycles. The van der Waals surface area contributed by atoms with Gasteiger partial charge in [0.2, 0.25) is 0 Å². The second kappa shape index (κ2) is 6.89. The van der Waals surface area contributed by atoms with E-state index in [2.05, 4.69) is 37.3 Å². The summed E-state index contributed by atoms with van der Waals surface area (Å²) in [5.74, 6) is 0.963. The quantitative estimate of drug-likeness (QED) is 0.725. The molecule has 0 aliphatic carbocycles. The standard InChI is InChI=1S/C13H14O.C2H6/c1-2-9-14-13-8-7-11-5-3-4-6-12(11)10-13;1-2/h3-8,10H,2,9H2,1H3;1-2H3. The first kappa shape index (κ1) is 12.6. The van der Waals surface area contributed by atoms with Crippen molar-refractivity contribution in [1.29, 1.82) is 0 Å². The minimum atomic E-state index is 0.790. The molecule has 1 heteroatoms. The molecule has 0 heterocycles. The average molecular weight is 216 g/mol. The Balaban J connectivity index is 0.000000606. The van der Waals surface area contributed by atoms with Gasteiger partial charge in [-0.2, -0.15) is 0 Å². The van der Waals surface area contributed by atoms with Gasteiger partial charge in [0.1, 0.15) is 5.75 Å². The maximum Gasteiger partial charge on any atom is 0.119 e. The number of benzene rings is 2. The lowest BCUT2D eigenvalue weighted by molar-refractivity contribution is 0.318. The summed E-state index contributed by atoms with van der Waals surface area (Å²) in [7, 11) is 0. The molecule has 16 heavy (non-hydrogen) atoms. The Morgan fingerprint density at radius 1 is 0.938 bits per heavy atom. The van der Waals surface area contributed by atoms with Crippen LogP contribution in [0.2, 0.25) is 0 Å². The van der Waals surface area contributed by atoms with E-state index in [1.807, 2.05) is 26.0 Å². The minimum absolute atomic E-state index is 0.790. The van der Waals surface area contributed by atoms with Crippen molar-refractivity contribution in [3.63, 3.8) is 0 Å². The predicted molar refractivity (Wildman–Crippen MR) is 71.1 cm³/mol. The van der Waals surface area contributed by atoms with Crippen LogP contribution < -0.4 is 4.74 Å². The van der Waals surface area contributed by atoms with Gasteiger partial charge in [-0.3, -0.25) is 0 Å². The van der Waals surface area contributed by atoms with Crippen LogP contribution in [0.5, 0.6) is 5.75 Å². The van der Waals surface area contributed by atoms with Gasteiger partial charge in [-0.1, -0.05) is 51.1 Å². The van der Waals surface area contributed by atoms with Gasteiger partial charge in [0.15, 0.2) is 0 Å². The smallest absolute Gasteiger partial charge is 0.119 e. The van der Waals surface area contributed by atoms with Gasteiger partial charge in [0.25, 0.3) is 0 Å². The molecule has 2 rings (SSSR count). The van der Waals surface area contributed by atoms with Crippen LogP contribution in [-0.2, 0) is 0 Å². The van der Waals surface area contributed by atoms with Crippen molar-refractivity contribution in [2.75, 3.05) is 6.61 Å². The van der Waals surface area contributed by atoms with E-state index in [1.54, 1.807) is 0 Å². The normalized spacial score (nSPS) is 9.44. The summed E-state index contributed by atoms with van der Waals surface area (Å²) in [6.45, 7) is 6.90. The van der Waals surface area contributed by atoms with Crippen LogP contribution in [0.4, 0.5) is 0 Å². The van der Waals surface area contributed by atoms with E-state index in [-0.39, 0.29) is 0 Å². The van der Waals surface area contributed by atoms with Crippen LogP contribution in [-0.4, -0.2) is 6.61 Å².